The van der Waals surface area contributed by atoms with Crippen LogP contribution in [0.4, 0.5) is 0 Å². The van der Waals surface area contributed by atoms with Gasteiger partial charge in [-0.3, -0.25) is 4.79 Å². The summed E-state index contributed by atoms with van der Waals surface area (Å²) in [6, 6.07) is 3.90. The first kappa shape index (κ1) is 11.2. The number of rotatable bonds is 1. The maximum atomic E-state index is 11.5. The van der Waals surface area contributed by atoms with E-state index in [0.717, 1.165) is 0 Å². The van der Waals surface area contributed by atoms with Crippen molar-refractivity contribution in [1.29, 1.82) is 0 Å². The highest BCUT2D eigenvalue weighted by atomic mass is 32.1. The number of nitrogens with two attached hydrogens (primary N) is 2. The zero-order valence-corrected chi connectivity index (χ0v) is 8.36. The molecular weight excluding hydrogens is 218 g/mol. The molecule has 0 aliphatic carbocycles. The normalized spacial score (nSPS) is 9.67. The Morgan fingerprint density at radius 3 is 2.53 bits per heavy atom. The van der Waals surface area contributed by atoms with Gasteiger partial charge in [-0.2, -0.15) is 0 Å². The van der Waals surface area contributed by atoms with Crippen molar-refractivity contribution in [2.75, 3.05) is 0 Å². The zero-order chi connectivity index (χ0) is 11.6. The number of aromatic hydroxyl groups is 2. The number of para-hydroxylation sites is 1. The van der Waals surface area contributed by atoms with Crippen molar-refractivity contribution in [2.24, 2.45) is 11.6 Å². The average molecular weight is 227 g/mol. The van der Waals surface area contributed by atoms with Crippen molar-refractivity contribution in [3.63, 3.8) is 0 Å². The minimum Gasteiger partial charge on any atom is -0.504 e. The minimum atomic E-state index is -0.795. The summed E-state index contributed by atoms with van der Waals surface area (Å²) in [5.74, 6) is 3.46. The molecule has 0 fully saturated rings. The summed E-state index contributed by atoms with van der Waals surface area (Å²) in [6.07, 6.45) is 0. The van der Waals surface area contributed by atoms with Gasteiger partial charge in [0.25, 0.3) is 5.91 Å². The lowest BCUT2D eigenvalue weighted by Gasteiger charge is -2.14. The van der Waals surface area contributed by atoms with Crippen LogP contribution in [0.2, 0.25) is 0 Å². The van der Waals surface area contributed by atoms with Crippen molar-refractivity contribution >= 4 is 23.2 Å². The molecule has 0 aliphatic heterocycles. The van der Waals surface area contributed by atoms with E-state index in [1.807, 2.05) is 0 Å². The highest BCUT2D eigenvalue weighted by molar-refractivity contribution is 7.80. The van der Waals surface area contributed by atoms with E-state index in [1.165, 1.54) is 18.2 Å². The van der Waals surface area contributed by atoms with Gasteiger partial charge in [-0.15, -0.1) is 0 Å². The first-order chi connectivity index (χ1) is 6.95. The molecule has 1 aromatic rings. The van der Waals surface area contributed by atoms with E-state index in [1.54, 1.807) is 0 Å². The van der Waals surface area contributed by atoms with Gasteiger partial charge in [-0.1, -0.05) is 6.07 Å². The maximum Gasteiger partial charge on any atom is 0.278 e. The lowest BCUT2D eigenvalue weighted by Crippen LogP contribution is -2.45. The molecule has 6 N–H and O–H groups in total. The molecule has 0 aliphatic rings. The fourth-order valence-corrected chi connectivity index (χ4v) is 1.02. The number of hydrazine groups is 1. The zero-order valence-electron chi connectivity index (χ0n) is 7.54. The van der Waals surface area contributed by atoms with Crippen molar-refractivity contribution < 1.29 is 15.0 Å². The number of carbonyl (C=O) groups is 1. The Hall–Kier alpha value is -1.86. The van der Waals surface area contributed by atoms with Crippen LogP contribution in [0.3, 0.4) is 0 Å². The van der Waals surface area contributed by atoms with Gasteiger partial charge in [0.05, 0.1) is 5.56 Å². The summed E-state index contributed by atoms with van der Waals surface area (Å²) in [5.41, 5.74) is 4.95. The average Bonchev–Trinajstić information content (AvgIpc) is 2.20. The largest absolute Gasteiger partial charge is 0.504 e. The monoisotopic (exact) mass is 227 g/mol. The Balaban J connectivity index is 3.12. The molecule has 0 spiro atoms. The molecule has 1 aromatic carbocycles. The number of phenolic OH excluding ortho intramolecular Hbond substituents is 2. The lowest BCUT2D eigenvalue weighted by atomic mass is 10.1. The van der Waals surface area contributed by atoms with Crippen LogP contribution in [0.1, 0.15) is 10.4 Å². The highest BCUT2D eigenvalue weighted by Crippen LogP contribution is 2.28. The smallest absolute Gasteiger partial charge is 0.278 e. The number of hydrogen-bond donors (Lipinski definition) is 4. The van der Waals surface area contributed by atoms with E-state index < -0.39 is 17.4 Å². The van der Waals surface area contributed by atoms with Crippen LogP contribution in [-0.4, -0.2) is 26.2 Å². The summed E-state index contributed by atoms with van der Waals surface area (Å²) >= 11 is 4.48. The summed E-state index contributed by atoms with van der Waals surface area (Å²) in [4.78, 5) is 11.5. The first-order valence-corrected chi connectivity index (χ1v) is 4.25. The van der Waals surface area contributed by atoms with Crippen LogP contribution in [0.5, 0.6) is 11.5 Å². The molecule has 0 atom stereocenters. The molecule has 0 bridgehead atoms. The van der Waals surface area contributed by atoms with Gasteiger partial charge in [-0.05, 0) is 24.4 Å². The second-order valence-corrected chi connectivity index (χ2v) is 3.10. The summed E-state index contributed by atoms with van der Waals surface area (Å²) in [6.45, 7) is 0. The number of benzene rings is 1. The van der Waals surface area contributed by atoms with Gasteiger partial charge in [0.15, 0.2) is 16.6 Å². The van der Waals surface area contributed by atoms with E-state index in [0.29, 0.717) is 5.01 Å². The van der Waals surface area contributed by atoms with Gasteiger partial charge in [0.1, 0.15) is 0 Å². The van der Waals surface area contributed by atoms with Gasteiger partial charge < -0.3 is 15.9 Å². The Bertz CT molecular complexity index is 422. The van der Waals surface area contributed by atoms with E-state index in [4.69, 9.17) is 16.7 Å². The summed E-state index contributed by atoms with van der Waals surface area (Å²) in [5, 5.41) is 18.7. The molecular formula is C8H9N3O3S. The van der Waals surface area contributed by atoms with Crippen LogP contribution in [-0.2, 0) is 0 Å². The Morgan fingerprint density at radius 2 is 2.00 bits per heavy atom. The third-order valence-electron chi connectivity index (χ3n) is 1.70. The molecule has 0 saturated heterocycles. The highest BCUT2D eigenvalue weighted by Gasteiger charge is 2.19. The number of amides is 1. The molecule has 0 aromatic heterocycles. The first-order valence-electron chi connectivity index (χ1n) is 3.84. The van der Waals surface area contributed by atoms with E-state index >= 15 is 0 Å². The number of thiocarbonyl (C=S) groups is 1. The number of hydrogen-bond acceptors (Lipinski definition) is 5. The van der Waals surface area contributed by atoms with Crippen LogP contribution >= 0.6 is 12.2 Å². The molecule has 80 valence electrons. The van der Waals surface area contributed by atoms with Gasteiger partial charge in [0, 0.05) is 0 Å². The fraction of sp³-hybridized carbons (Fsp3) is 0. The molecule has 7 heteroatoms. The molecule has 0 radical (unpaired) electrons. The molecule has 0 unspecified atom stereocenters. The molecule has 1 amide bonds. The van der Waals surface area contributed by atoms with Crippen LogP contribution in [0.25, 0.3) is 0 Å². The standard InChI is InChI=1S/C8H9N3O3S/c9-8(15)11(10)7(14)4-2-1-3-5(12)6(4)13/h1-3,12-13H,10H2,(H2,9,15). The van der Waals surface area contributed by atoms with Gasteiger partial charge in [-0.25, -0.2) is 10.9 Å². The second-order valence-electron chi connectivity index (χ2n) is 2.69. The Labute approximate surface area is 90.7 Å². The number of nitrogens with zero attached hydrogens (tertiary/aromatic N) is 1. The Kier molecular flexibility index (Phi) is 3.08. The van der Waals surface area contributed by atoms with Gasteiger partial charge in [0.2, 0.25) is 0 Å². The molecule has 1 rings (SSSR count). The SMILES string of the molecule is NC(=S)N(N)C(=O)c1cccc(O)c1O. The molecule has 15 heavy (non-hydrogen) atoms. The molecule has 6 nitrogen and oxygen atoms in total. The van der Waals surface area contributed by atoms with Crippen LogP contribution in [0.15, 0.2) is 18.2 Å². The lowest BCUT2D eigenvalue weighted by molar-refractivity contribution is 0.0845. The van der Waals surface area contributed by atoms with Crippen molar-refractivity contribution in [3.05, 3.63) is 23.8 Å². The van der Waals surface area contributed by atoms with E-state index in [-0.39, 0.29) is 10.7 Å². The van der Waals surface area contributed by atoms with Crippen molar-refractivity contribution in [3.8, 4) is 11.5 Å². The fourth-order valence-electron chi connectivity index (χ4n) is 0.934. The summed E-state index contributed by atoms with van der Waals surface area (Å²) in [7, 11) is 0. The van der Waals surface area contributed by atoms with Crippen molar-refractivity contribution in [1.82, 2.24) is 5.01 Å². The molecule has 0 heterocycles. The van der Waals surface area contributed by atoms with Crippen molar-refractivity contribution in [2.45, 2.75) is 0 Å². The topological polar surface area (TPSA) is 113 Å². The third-order valence-corrected chi connectivity index (χ3v) is 1.90. The predicted molar refractivity (Wildman–Crippen MR) is 56.9 cm³/mol. The maximum absolute atomic E-state index is 11.5. The van der Waals surface area contributed by atoms with E-state index in [2.05, 4.69) is 12.2 Å². The number of carbonyl (C=O) groups excluding carboxylic acids is 1. The quantitative estimate of drug-likeness (QED) is 0.172. The van der Waals surface area contributed by atoms with E-state index in [9.17, 15) is 9.90 Å². The molecule has 0 saturated carbocycles. The second kappa shape index (κ2) is 4.11. The predicted octanol–water partition coefficient (Wildman–Crippen LogP) is -0.343. The van der Waals surface area contributed by atoms with Crippen LogP contribution in [0, 0.1) is 0 Å². The van der Waals surface area contributed by atoms with Crippen LogP contribution < -0.4 is 11.6 Å². The minimum absolute atomic E-state index is 0.176. The summed E-state index contributed by atoms with van der Waals surface area (Å²) < 4.78 is 0. The van der Waals surface area contributed by atoms with Gasteiger partial charge >= 0.3 is 0 Å². The third kappa shape index (κ3) is 2.14. The number of phenols is 2. The Morgan fingerprint density at radius 1 is 1.40 bits per heavy atom.